The summed E-state index contributed by atoms with van der Waals surface area (Å²) >= 11 is 0. The topological polar surface area (TPSA) is 66.8 Å². The van der Waals surface area contributed by atoms with Crippen molar-refractivity contribution in [3.63, 3.8) is 0 Å². The smallest absolute Gasteiger partial charge is 0.404 e. The van der Waals surface area contributed by atoms with Crippen LogP contribution in [0.3, 0.4) is 0 Å². The van der Waals surface area contributed by atoms with Crippen LogP contribution in [-0.2, 0) is 4.57 Å². The van der Waals surface area contributed by atoms with Crippen LogP contribution in [-0.4, -0.2) is 9.79 Å². The molecule has 0 heterocycles. The minimum Gasteiger partial charge on any atom is -0.404 e. The molecule has 0 saturated heterocycles. The fraction of sp³-hybridized carbons (Fsp3) is 0.100. The summed E-state index contributed by atoms with van der Waals surface area (Å²) < 4.78 is 16.4. The molecule has 128 valence electrons. The van der Waals surface area contributed by atoms with E-state index in [0.717, 1.165) is 27.8 Å². The fourth-order valence-corrected chi connectivity index (χ4v) is 3.30. The summed E-state index contributed by atoms with van der Waals surface area (Å²) in [5, 5.41) is 0. The second-order valence-corrected chi connectivity index (χ2v) is 7.16. The molecule has 3 rings (SSSR count). The van der Waals surface area contributed by atoms with Crippen molar-refractivity contribution in [2.75, 3.05) is 0 Å². The van der Waals surface area contributed by atoms with E-state index in [1.165, 1.54) is 0 Å². The van der Waals surface area contributed by atoms with Crippen LogP contribution in [0.5, 0.6) is 5.75 Å². The third-order valence-corrected chi connectivity index (χ3v) is 4.31. The first-order valence-corrected chi connectivity index (χ1v) is 9.39. The number of hydrogen-bond donors (Lipinski definition) is 2. The van der Waals surface area contributed by atoms with Gasteiger partial charge < -0.3 is 4.52 Å². The van der Waals surface area contributed by atoms with Gasteiger partial charge in [-0.15, -0.1) is 0 Å². The van der Waals surface area contributed by atoms with Gasteiger partial charge in [-0.2, -0.15) is 0 Å². The number of benzene rings is 3. The average molecular weight is 354 g/mol. The Morgan fingerprint density at radius 1 is 0.800 bits per heavy atom. The van der Waals surface area contributed by atoms with Crippen molar-refractivity contribution >= 4 is 7.82 Å². The van der Waals surface area contributed by atoms with Crippen LogP contribution in [0.15, 0.2) is 66.7 Å². The first-order valence-electron chi connectivity index (χ1n) is 7.86. The lowest BCUT2D eigenvalue weighted by Crippen LogP contribution is -1.95. The quantitative estimate of drug-likeness (QED) is 0.639. The molecule has 0 fully saturated rings. The predicted octanol–water partition coefficient (Wildman–Crippen LogP) is 5.11. The van der Waals surface area contributed by atoms with E-state index >= 15 is 0 Å². The summed E-state index contributed by atoms with van der Waals surface area (Å²) in [5.41, 5.74) is 5.50. The molecule has 0 aromatic heterocycles. The summed E-state index contributed by atoms with van der Waals surface area (Å²) in [6.07, 6.45) is 0. The minimum atomic E-state index is -4.67. The van der Waals surface area contributed by atoms with Crippen LogP contribution in [0, 0.1) is 13.8 Å². The molecule has 0 saturated carbocycles. The monoisotopic (exact) mass is 354 g/mol. The van der Waals surface area contributed by atoms with Gasteiger partial charge in [0.25, 0.3) is 0 Å². The molecule has 3 aromatic carbocycles. The molecule has 0 aliphatic carbocycles. The molecular formula is C20H19O4P. The van der Waals surface area contributed by atoms with Crippen molar-refractivity contribution in [2.45, 2.75) is 13.8 Å². The zero-order valence-electron chi connectivity index (χ0n) is 14.0. The Bertz CT molecular complexity index is 959. The maximum Gasteiger partial charge on any atom is 0.524 e. The molecule has 0 radical (unpaired) electrons. The van der Waals surface area contributed by atoms with Gasteiger partial charge in [0, 0.05) is 5.56 Å². The normalized spacial score (nSPS) is 11.4. The van der Waals surface area contributed by atoms with Gasteiger partial charge >= 0.3 is 7.82 Å². The van der Waals surface area contributed by atoms with Crippen LogP contribution in [0.2, 0.25) is 0 Å². The van der Waals surface area contributed by atoms with E-state index in [-0.39, 0.29) is 5.75 Å². The van der Waals surface area contributed by atoms with Gasteiger partial charge in [0.2, 0.25) is 0 Å². The lowest BCUT2D eigenvalue weighted by atomic mass is 9.92. The summed E-state index contributed by atoms with van der Waals surface area (Å²) in [5.74, 6) is 0.165. The Morgan fingerprint density at radius 2 is 1.36 bits per heavy atom. The van der Waals surface area contributed by atoms with E-state index in [1.54, 1.807) is 12.1 Å². The van der Waals surface area contributed by atoms with Crippen molar-refractivity contribution in [3.8, 4) is 28.0 Å². The van der Waals surface area contributed by atoms with Gasteiger partial charge in [-0.1, -0.05) is 71.8 Å². The van der Waals surface area contributed by atoms with Crippen molar-refractivity contribution in [1.82, 2.24) is 0 Å². The van der Waals surface area contributed by atoms with E-state index in [0.29, 0.717) is 5.56 Å². The Labute approximate surface area is 147 Å². The van der Waals surface area contributed by atoms with Crippen molar-refractivity contribution in [3.05, 3.63) is 77.9 Å². The third-order valence-electron chi connectivity index (χ3n) is 3.88. The third kappa shape index (κ3) is 4.18. The van der Waals surface area contributed by atoms with Crippen molar-refractivity contribution in [2.24, 2.45) is 0 Å². The molecular weight excluding hydrogens is 335 g/mol. The van der Waals surface area contributed by atoms with Gasteiger partial charge in [-0.05, 0) is 36.6 Å². The molecule has 0 atom stereocenters. The molecule has 0 bridgehead atoms. The minimum absolute atomic E-state index is 0.165. The summed E-state index contributed by atoms with van der Waals surface area (Å²) in [4.78, 5) is 18.6. The Morgan fingerprint density at radius 3 is 1.96 bits per heavy atom. The Balaban J connectivity index is 2.28. The summed E-state index contributed by atoms with van der Waals surface area (Å²) in [6, 6.07) is 21.0. The molecule has 0 unspecified atom stereocenters. The van der Waals surface area contributed by atoms with Gasteiger partial charge in [-0.3, -0.25) is 9.79 Å². The lowest BCUT2D eigenvalue weighted by molar-refractivity contribution is 0.283. The standard InChI is InChI=1S/C20H19O4P/c1-14-6-3-8-16(12-14)18-10-5-11-19(24-25(21,22)23)20(18)17-9-4-7-15(2)13-17/h3-13H,1-2H3,(H2,21,22,23). The van der Waals surface area contributed by atoms with Crippen LogP contribution in [0.25, 0.3) is 22.3 Å². The van der Waals surface area contributed by atoms with Crippen LogP contribution < -0.4 is 4.52 Å². The zero-order chi connectivity index (χ0) is 18.0. The molecule has 25 heavy (non-hydrogen) atoms. The van der Waals surface area contributed by atoms with Gasteiger partial charge in [0.05, 0.1) is 0 Å². The zero-order valence-corrected chi connectivity index (χ0v) is 14.9. The van der Waals surface area contributed by atoms with Crippen molar-refractivity contribution in [1.29, 1.82) is 0 Å². The van der Waals surface area contributed by atoms with Gasteiger partial charge in [0.15, 0.2) is 0 Å². The number of hydrogen-bond acceptors (Lipinski definition) is 2. The van der Waals surface area contributed by atoms with Gasteiger partial charge in [0.1, 0.15) is 5.75 Å². The van der Waals surface area contributed by atoms with Crippen LogP contribution in [0.4, 0.5) is 0 Å². The summed E-state index contributed by atoms with van der Waals surface area (Å²) in [6.45, 7) is 3.98. The second kappa shape index (κ2) is 6.85. The van der Waals surface area contributed by atoms with E-state index < -0.39 is 7.82 Å². The van der Waals surface area contributed by atoms with E-state index in [2.05, 4.69) is 0 Å². The fourth-order valence-electron chi connectivity index (χ4n) is 2.89. The number of phosphoric acid groups is 1. The predicted molar refractivity (Wildman–Crippen MR) is 99.5 cm³/mol. The SMILES string of the molecule is Cc1cccc(-c2cccc(OP(=O)(O)O)c2-c2cccc(C)c2)c1. The number of phosphoric ester groups is 1. The van der Waals surface area contributed by atoms with E-state index in [9.17, 15) is 14.4 Å². The highest BCUT2D eigenvalue weighted by Gasteiger charge is 2.21. The van der Waals surface area contributed by atoms with Crippen molar-refractivity contribution < 1.29 is 18.9 Å². The lowest BCUT2D eigenvalue weighted by Gasteiger charge is -2.17. The molecule has 0 aliphatic rings. The Kier molecular flexibility index (Phi) is 4.78. The average Bonchev–Trinajstić information content (AvgIpc) is 2.53. The first kappa shape index (κ1) is 17.4. The molecule has 4 nitrogen and oxygen atoms in total. The molecule has 0 amide bonds. The molecule has 2 N–H and O–H groups in total. The Hall–Kier alpha value is -2.39. The maximum atomic E-state index is 11.4. The highest BCUT2D eigenvalue weighted by atomic mass is 31.2. The number of aryl methyl sites for hydroxylation is 2. The highest BCUT2D eigenvalue weighted by molar-refractivity contribution is 7.46. The maximum absolute atomic E-state index is 11.4. The van der Waals surface area contributed by atoms with E-state index in [4.69, 9.17) is 4.52 Å². The molecule has 0 spiro atoms. The largest absolute Gasteiger partial charge is 0.524 e. The first-order chi connectivity index (χ1) is 11.8. The van der Waals surface area contributed by atoms with Crippen LogP contribution in [0.1, 0.15) is 11.1 Å². The second-order valence-electron chi connectivity index (χ2n) is 6.00. The highest BCUT2D eigenvalue weighted by Crippen LogP contribution is 2.46. The van der Waals surface area contributed by atoms with Gasteiger partial charge in [-0.25, -0.2) is 4.57 Å². The van der Waals surface area contributed by atoms with Crippen LogP contribution >= 0.6 is 7.82 Å². The molecule has 0 aliphatic heterocycles. The van der Waals surface area contributed by atoms with E-state index in [1.807, 2.05) is 68.4 Å². The molecule has 3 aromatic rings. The molecule has 5 heteroatoms. The number of rotatable bonds is 4. The summed E-state index contributed by atoms with van der Waals surface area (Å²) in [7, 11) is -4.67.